The molecule has 130 valence electrons. The summed E-state index contributed by atoms with van der Waals surface area (Å²) < 4.78 is 0. The van der Waals surface area contributed by atoms with Crippen molar-refractivity contribution in [1.29, 1.82) is 0 Å². The van der Waals surface area contributed by atoms with Crippen LogP contribution in [0.2, 0.25) is 5.02 Å². The molecule has 0 saturated heterocycles. The number of benzene rings is 2. The van der Waals surface area contributed by atoms with Crippen LogP contribution in [0.4, 0.5) is 5.69 Å². The van der Waals surface area contributed by atoms with Gasteiger partial charge in [-0.05, 0) is 61.2 Å². The molecular formula is C20H21ClN2O2. The molecule has 1 saturated carbocycles. The summed E-state index contributed by atoms with van der Waals surface area (Å²) in [7, 11) is 0. The third kappa shape index (κ3) is 4.60. The van der Waals surface area contributed by atoms with E-state index in [0.717, 1.165) is 30.5 Å². The number of anilines is 1. The van der Waals surface area contributed by atoms with E-state index in [1.54, 1.807) is 24.3 Å². The van der Waals surface area contributed by atoms with Gasteiger partial charge in [0, 0.05) is 22.2 Å². The Hall–Kier alpha value is -2.33. The van der Waals surface area contributed by atoms with Crippen LogP contribution >= 0.6 is 11.6 Å². The Labute approximate surface area is 152 Å². The highest BCUT2D eigenvalue weighted by atomic mass is 35.5. The summed E-state index contributed by atoms with van der Waals surface area (Å²) in [6.07, 6.45) is 2.72. The van der Waals surface area contributed by atoms with E-state index in [4.69, 9.17) is 11.6 Å². The fourth-order valence-corrected chi connectivity index (χ4v) is 2.78. The number of carbonyl (C=O) groups excluding carboxylic acids is 2. The third-order valence-electron chi connectivity index (χ3n) is 4.35. The number of hydrogen-bond acceptors (Lipinski definition) is 2. The van der Waals surface area contributed by atoms with E-state index < -0.39 is 0 Å². The molecule has 1 aliphatic carbocycles. The Kier molecular flexibility index (Phi) is 5.39. The van der Waals surface area contributed by atoms with Gasteiger partial charge in [-0.25, -0.2) is 0 Å². The lowest BCUT2D eigenvalue weighted by Gasteiger charge is -2.18. The molecule has 0 aliphatic heterocycles. The first kappa shape index (κ1) is 17.5. The van der Waals surface area contributed by atoms with Gasteiger partial charge < -0.3 is 10.6 Å². The second-order valence-corrected chi connectivity index (χ2v) is 6.76. The highest BCUT2D eigenvalue weighted by Crippen LogP contribution is 2.30. The van der Waals surface area contributed by atoms with Crippen molar-refractivity contribution < 1.29 is 9.59 Å². The van der Waals surface area contributed by atoms with Crippen LogP contribution in [0.25, 0.3) is 0 Å². The summed E-state index contributed by atoms with van der Waals surface area (Å²) in [5, 5.41) is 6.58. The van der Waals surface area contributed by atoms with Crippen molar-refractivity contribution in [2.24, 2.45) is 5.92 Å². The van der Waals surface area contributed by atoms with Gasteiger partial charge in [0.1, 0.15) is 0 Å². The van der Waals surface area contributed by atoms with E-state index in [2.05, 4.69) is 10.6 Å². The fourth-order valence-electron chi connectivity index (χ4n) is 2.65. The first-order valence-corrected chi connectivity index (χ1v) is 8.92. The van der Waals surface area contributed by atoms with E-state index in [9.17, 15) is 9.59 Å². The first-order chi connectivity index (χ1) is 12.1. The third-order valence-corrected chi connectivity index (χ3v) is 4.60. The minimum Gasteiger partial charge on any atom is -0.345 e. The molecule has 2 amide bonds. The van der Waals surface area contributed by atoms with E-state index in [1.807, 2.05) is 31.2 Å². The molecule has 1 aliphatic rings. The van der Waals surface area contributed by atoms with Crippen LogP contribution < -0.4 is 10.6 Å². The van der Waals surface area contributed by atoms with Crippen LogP contribution in [0.1, 0.15) is 48.1 Å². The summed E-state index contributed by atoms with van der Waals surface area (Å²) in [5.41, 5.74) is 2.31. The minimum absolute atomic E-state index is 0.0611. The molecule has 0 heterocycles. The molecule has 0 radical (unpaired) electrons. The number of hydrogen-bond donors (Lipinski definition) is 2. The predicted molar refractivity (Wildman–Crippen MR) is 99.7 cm³/mol. The Morgan fingerprint density at radius 1 is 1.08 bits per heavy atom. The zero-order valence-electron chi connectivity index (χ0n) is 14.1. The second-order valence-electron chi connectivity index (χ2n) is 6.33. The van der Waals surface area contributed by atoms with Crippen molar-refractivity contribution in [3.8, 4) is 0 Å². The molecule has 1 unspecified atom stereocenters. The zero-order valence-corrected chi connectivity index (χ0v) is 14.8. The fraction of sp³-hybridized carbons (Fsp3) is 0.300. The number of nitrogens with one attached hydrogen (secondary N) is 2. The van der Waals surface area contributed by atoms with Crippen molar-refractivity contribution in [3.63, 3.8) is 0 Å². The highest BCUT2D eigenvalue weighted by molar-refractivity contribution is 6.30. The summed E-state index contributed by atoms with van der Waals surface area (Å²) in [5.74, 6) is 0.0838. The average Bonchev–Trinajstić information content (AvgIpc) is 3.46. The number of carbonyl (C=O) groups is 2. The van der Waals surface area contributed by atoms with Crippen LogP contribution in [-0.2, 0) is 4.79 Å². The van der Waals surface area contributed by atoms with Gasteiger partial charge in [0.25, 0.3) is 5.91 Å². The van der Waals surface area contributed by atoms with Crippen molar-refractivity contribution in [2.75, 3.05) is 5.32 Å². The quantitative estimate of drug-likeness (QED) is 0.796. The van der Waals surface area contributed by atoms with E-state index in [1.165, 1.54) is 0 Å². The smallest absolute Gasteiger partial charge is 0.251 e. The van der Waals surface area contributed by atoms with Crippen LogP contribution in [0.15, 0.2) is 48.5 Å². The Morgan fingerprint density at radius 2 is 1.72 bits per heavy atom. The average molecular weight is 357 g/mol. The molecular weight excluding hydrogens is 336 g/mol. The molecule has 25 heavy (non-hydrogen) atoms. The molecule has 1 atom stereocenters. The maximum Gasteiger partial charge on any atom is 0.251 e. The molecule has 5 heteroatoms. The minimum atomic E-state index is -0.137. The van der Waals surface area contributed by atoms with Crippen LogP contribution in [0.5, 0.6) is 0 Å². The molecule has 0 aromatic heterocycles. The van der Waals surface area contributed by atoms with Crippen LogP contribution in [0, 0.1) is 5.92 Å². The zero-order chi connectivity index (χ0) is 17.8. The van der Waals surface area contributed by atoms with Gasteiger partial charge in [-0.1, -0.05) is 30.7 Å². The summed E-state index contributed by atoms with van der Waals surface area (Å²) in [6, 6.07) is 14.4. The Balaban J connectivity index is 1.63. The topological polar surface area (TPSA) is 58.2 Å². The molecule has 3 rings (SSSR count). The van der Waals surface area contributed by atoms with Gasteiger partial charge in [-0.3, -0.25) is 9.59 Å². The lowest BCUT2D eigenvalue weighted by atomic mass is 10.0. The normalized spacial score (nSPS) is 14.6. The number of rotatable bonds is 6. The molecule has 1 fully saturated rings. The van der Waals surface area contributed by atoms with Gasteiger partial charge >= 0.3 is 0 Å². The molecule has 0 bridgehead atoms. The van der Waals surface area contributed by atoms with E-state index >= 15 is 0 Å². The maximum absolute atomic E-state index is 12.5. The Morgan fingerprint density at radius 3 is 2.28 bits per heavy atom. The maximum atomic E-state index is 12.5. The molecule has 4 nitrogen and oxygen atoms in total. The number of halogens is 1. The van der Waals surface area contributed by atoms with Crippen molar-refractivity contribution >= 4 is 29.1 Å². The number of amides is 2. The van der Waals surface area contributed by atoms with E-state index in [0.29, 0.717) is 10.6 Å². The molecule has 2 aromatic rings. The van der Waals surface area contributed by atoms with Gasteiger partial charge in [0.15, 0.2) is 0 Å². The van der Waals surface area contributed by atoms with Gasteiger partial charge in [0.05, 0.1) is 6.04 Å². The predicted octanol–water partition coefficient (Wildman–Crippen LogP) is 4.57. The van der Waals surface area contributed by atoms with Crippen molar-refractivity contribution in [1.82, 2.24) is 5.32 Å². The molecule has 2 N–H and O–H groups in total. The summed E-state index contributed by atoms with van der Waals surface area (Å²) in [4.78, 5) is 24.2. The largest absolute Gasteiger partial charge is 0.345 e. The molecule has 2 aromatic carbocycles. The standard InChI is InChI=1S/C20H21ClN2O2/c1-2-18(13-5-9-16(21)10-6-13)23-20(25)15-7-11-17(12-8-15)22-19(24)14-3-4-14/h5-12,14,18H,2-4H2,1H3,(H,22,24)(H,23,25). The van der Waals surface area contributed by atoms with Gasteiger partial charge in [-0.15, -0.1) is 0 Å². The van der Waals surface area contributed by atoms with Crippen LogP contribution in [0.3, 0.4) is 0 Å². The van der Waals surface area contributed by atoms with Gasteiger partial charge in [0.2, 0.25) is 5.91 Å². The lowest BCUT2D eigenvalue weighted by molar-refractivity contribution is -0.117. The van der Waals surface area contributed by atoms with Crippen molar-refractivity contribution in [2.45, 2.75) is 32.2 Å². The lowest BCUT2D eigenvalue weighted by Crippen LogP contribution is -2.28. The van der Waals surface area contributed by atoms with Gasteiger partial charge in [-0.2, -0.15) is 0 Å². The summed E-state index contributed by atoms with van der Waals surface area (Å²) >= 11 is 5.92. The molecule has 0 spiro atoms. The SMILES string of the molecule is CCC(NC(=O)c1ccc(NC(=O)C2CC2)cc1)c1ccc(Cl)cc1. The first-order valence-electron chi connectivity index (χ1n) is 8.54. The van der Waals surface area contributed by atoms with Crippen LogP contribution in [-0.4, -0.2) is 11.8 Å². The highest BCUT2D eigenvalue weighted by Gasteiger charge is 2.29. The second kappa shape index (κ2) is 7.70. The Bertz CT molecular complexity index is 752. The monoisotopic (exact) mass is 356 g/mol. The van der Waals surface area contributed by atoms with Crippen molar-refractivity contribution in [3.05, 3.63) is 64.7 Å². The van der Waals surface area contributed by atoms with E-state index in [-0.39, 0.29) is 23.8 Å². The summed E-state index contributed by atoms with van der Waals surface area (Å²) in [6.45, 7) is 2.02.